The van der Waals surface area contributed by atoms with Crippen LogP contribution in [0.5, 0.6) is 5.75 Å². The van der Waals surface area contributed by atoms with Gasteiger partial charge in [0.2, 0.25) is 0 Å². The topological polar surface area (TPSA) is 49.3 Å². The molecule has 3 nitrogen and oxygen atoms in total. The van der Waals surface area contributed by atoms with Gasteiger partial charge < -0.3 is 10.4 Å². The van der Waals surface area contributed by atoms with E-state index in [4.69, 9.17) is 5.11 Å². The molecule has 0 saturated heterocycles. The summed E-state index contributed by atoms with van der Waals surface area (Å²) in [7, 11) is 0. The lowest BCUT2D eigenvalue weighted by atomic mass is 9.83. The molecule has 0 spiro atoms. The van der Waals surface area contributed by atoms with E-state index in [1.807, 2.05) is 6.92 Å². The summed E-state index contributed by atoms with van der Waals surface area (Å²) in [5.74, 6) is -1.27. The van der Waals surface area contributed by atoms with E-state index < -0.39 is 11.7 Å². The lowest BCUT2D eigenvalue weighted by Crippen LogP contribution is -2.47. The van der Waals surface area contributed by atoms with Crippen LogP contribution in [0.3, 0.4) is 0 Å². The minimum atomic E-state index is -0.688. The molecule has 1 fully saturated rings. The molecule has 2 N–H and O–H groups in total. The molecule has 0 radical (unpaired) electrons. The third kappa shape index (κ3) is 2.81. The van der Waals surface area contributed by atoms with Crippen molar-refractivity contribution < 1.29 is 14.3 Å². The van der Waals surface area contributed by atoms with Crippen LogP contribution >= 0.6 is 0 Å². The van der Waals surface area contributed by atoms with Gasteiger partial charge in [-0.3, -0.25) is 4.79 Å². The van der Waals surface area contributed by atoms with Crippen LogP contribution < -0.4 is 5.32 Å². The maximum atomic E-state index is 13.6. The third-order valence-electron chi connectivity index (χ3n) is 3.57. The fourth-order valence-electron chi connectivity index (χ4n) is 2.49. The SMILES string of the molecule is CC1(NC(=O)c2ccc(O)cc2F)CCCCC1. The van der Waals surface area contributed by atoms with Crippen LogP contribution in [-0.4, -0.2) is 16.6 Å². The molecular formula is C14H18FNO2. The molecule has 0 aromatic heterocycles. The molecule has 1 aliphatic rings. The first-order valence-electron chi connectivity index (χ1n) is 6.31. The van der Waals surface area contributed by atoms with Gasteiger partial charge in [0.05, 0.1) is 5.56 Å². The van der Waals surface area contributed by atoms with Crippen molar-refractivity contribution in [1.29, 1.82) is 0 Å². The van der Waals surface area contributed by atoms with Crippen LogP contribution in [0.1, 0.15) is 49.4 Å². The molecule has 18 heavy (non-hydrogen) atoms. The van der Waals surface area contributed by atoms with Gasteiger partial charge in [-0.15, -0.1) is 0 Å². The molecule has 0 atom stereocenters. The number of rotatable bonds is 2. The zero-order valence-corrected chi connectivity index (χ0v) is 10.5. The monoisotopic (exact) mass is 251 g/mol. The number of nitrogens with one attached hydrogen (secondary N) is 1. The Hall–Kier alpha value is -1.58. The number of hydrogen-bond acceptors (Lipinski definition) is 2. The summed E-state index contributed by atoms with van der Waals surface area (Å²) in [6, 6.07) is 3.59. The van der Waals surface area contributed by atoms with E-state index in [2.05, 4.69) is 5.32 Å². The van der Waals surface area contributed by atoms with Crippen molar-refractivity contribution in [3.63, 3.8) is 0 Å². The first-order chi connectivity index (χ1) is 8.50. The first kappa shape index (κ1) is 12.9. The molecule has 0 heterocycles. The van der Waals surface area contributed by atoms with Gasteiger partial charge >= 0.3 is 0 Å². The van der Waals surface area contributed by atoms with Crippen molar-refractivity contribution in [2.75, 3.05) is 0 Å². The van der Waals surface area contributed by atoms with Crippen molar-refractivity contribution in [3.05, 3.63) is 29.6 Å². The Morgan fingerprint density at radius 3 is 2.61 bits per heavy atom. The highest BCUT2D eigenvalue weighted by Crippen LogP contribution is 2.28. The molecule has 1 aliphatic carbocycles. The smallest absolute Gasteiger partial charge is 0.254 e. The van der Waals surface area contributed by atoms with Gasteiger partial charge in [-0.25, -0.2) is 4.39 Å². The van der Waals surface area contributed by atoms with E-state index in [1.54, 1.807) is 0 Å². The van der Waals surface area contributed by atoms with E-state index in [-0.39, 0.29) is 16.9 Å². The number of halogens is 1. The predicted molar refractivity (Wildman–Crippen MR) is 67.0 cm³/mol. The van der Waals surface area contributed by atoms with Gasteiger partial charge in [0.1, 0.15) is 11.6 Å². The van der Waals surface area contributed by atoms with Gasteiger partial charge in [0.25, 0.3) is 5.91 Å². The molecule has 98 valence electrons. The first-order valence-corrected chi connectivity index (χ1v) is 6.31. The number of carbonyl (C=O) groups is 1. The Morgan fingerprint density at radius 1 is 1.33 bits per heavy atom. The maximum Gasteiger partial charge on any atom is 0.254 e. The van der Waals surface area contributed by atoms with Gasteiger partial charge in [-0.1, -0.05) is 19.3 Å². The second-order valence-corrected chi connectivity index (χ2v) is 5.24. The summed E-state index contributed by atoms with van der Waals surface area (Å²) in [6.45, 7) is 2.00. The highest BCUT2D eigenvalue weighted by Gasteiger charge is 2.29. The number of benzene rings is 1. The Kier molecular flexibility index (Phi) is 3.55. The molecule has 1 aromatic carbocycles. The summed E-state index contributed by atoms with van der Waals surface area (Å²) in [6.07, 6.45) is 5.24. The molecule has 1 aromatic rings. The highest BCUT2D eigenvalue weighted by atomic mass is 19.1. The minimum Gasteiger partial charge on any atom is -0.508 e. The lowest BCUT2D eigenvalue weighted by molar-refractivity contribution is 0.0878. The van der Waals surface area contributed by atoms with Crippen LogP contribution in [0.25, 0.3) is 0 Å². The summed E-state index contributed by atoms with van der Waals surface area (Å²) in [4.78, 5) is 12.0. The second-order valence-electron chi connectivity index (χ2n) is 5.24. The van der Waals surface area contributed by atoms with Gasteiger partial charge in [0.15, 0.2) is 0 Å². The van der Waals surface area contributed by atoms with E-state index in [0.717, 1.165) is 31.7 Å². The van der Waals surface area contributed by atoms with Gasteiger partial charge in [-0.2, -0.15) is 0 Å². The zero-order valence-electron chi connectivity index (χ0n) is 10.5. The van der Waals surface area contributed by atoms with Crippen molar-refractivity contribution in [2.45, 2.75) is 44.6 Å². The molecule has 0 bridgehead atoms. The number of phenolic OH excluding ortho intramolecular Hbond substituents is 1. The molecule has 1 saturated carbocycles. The van der Waals surface area contributed by atoms with Gasteiger partial charge in [0, 0.05) is 11.6 Å². The summed E-state index contributed by atoms with van der Waals surface area (Å²) in [5.41, 5.74) is -0.251. The summed E-state index contributed by atoms with van der Waals surface area (Å²) >= 11 is 0. The number of phenols is 1. The number of hydrogen-bond donors (Lipinski definition) is 2. The van der Waals surface area contributed by atoms with E-state index >= 15 is 0 Å². The lowest BCUT2D eigenvalue weighted by Gasteiger charge is -2.34. The molecule has 2 rings (SSSR count). The number of aromatic hydroxyl groups is 1. The third-order valence-corrected chi connectivity index (χ3v) is 3.57. The molecule has 0 unspecified atom stereocenters. The molecule has 0 aliphatic heterocycles. The van der Waals surface area contributed by atoms with Crippen molar-refractivity contribution >= 4 is 5.91 Å². The standard InChI is InChI=1S/C14H18FNO2/c1-14(7-3-2-4-8-14)16-13(18)11-6-5-10(17)9-12(11)15/h5-6,9,17H,2-4,7-8H2,1H3,(H,16,18). The largest absolute Gasteiger partial charge is 0.508 e. The Bertz CT molecular complexity index is 453. The van der Waals surface area contributed by atoms with E-state index in [9.17, 15) is 9.18 Å². The maximum absolute atomic E-state index is 13.6. The summed E-state index contributed by atoms with van der Waals surface area (Å²) < 4.78 is 13.6. The van der Waals surface area contributed by atoms with E-state index in [1.165, 1.54) is 18.6 Å². The van der Waals surface area contributed by atoms with Crippen molar-refractivity contribution in [3.8, 4) is 5.75 Å². The average molecular weight is 251 g/mol. The zero-order chi connectivity index (χ0) is 13.2. The Labute approximate surface area is 106 Å². The fraction of sp³-hybridized carbons (Fsp3) is 0.500. The second kappa shape index (κ2) is 4.96. The van der Waals surface area contributed by atoms with Crippen LogP contribution in [0.4, 0.5) is 4.39 Å². The number of amides is 1. The quantitative estimate of drug-likeness (QED) is 0.849. The van der Waals surface area contributed by atoms with Crippen molar-refractivity contribution in [2.24, 2.45) is 0 Å². The number of carbonyl (C=O) groups excluding carboxylic acids is 1. The van der Waals surface area contributed by atoms with Gasteiger partial charge in [-0.05, 0) is 31.9 Å². The van der Waals surface area contributed by atoms with E-state index in [0.29, 0.717) is 0 Å². The molecule has 4 heteroatoms. The van der Waals surface area contributed by atoms with Crippen LogP contribution in [0.15, 0.2) is 18.2 Å². The van der Waals surface area contributed by atoms with Crippen LogP contribution in [-0.2, 0) is 0 Å². The average Bonchev–Trinajstić information content (AvgIpc) is 2.28. The summed E-state index contributed by atoms with van der Waals surface area (Å²) in [5, 5.41) is 12.0. The predicted octanol–water partition coefficient (Wildman–Crippen LogP) is 2.98. The minimum absolute atomic E-state index is 0.0143. The Balaban J connectivity index is 2.11. The molecular weight excluding hydrogens is 233 g/mol. The molecule has 1 amide bonds. The Morgan fingerprint density at radius 2 is 2.00 bits per heavy atom. The highest BCUT2D eigenvalue weighted by molar-refractivity contribution is 5.95. The van der Waals surface area contributed by atoms with Crippen LogP contribution in [0, 0.1) is 5.82 Å². The van der Waals surface area contributed by atoms with Crippen molar-refractivity contribution in [1.82, 2.24) is 5.32 Å². The normalized spacial score (nSPS) is 18.3. The fourth-order valence-corrected chi connectivity index (χ4v) is 2.49. The van der Waals surface area contributed by atoms with Crippen LogP contribution in [0.2, 0.25) is 0 Å².